The quantitative estimate of drug-likeness (QED) is 0.525. The van der Waals surface area contributed by atoms with Crippen molar-refractivity contribution in [3.63, 3.8) is 0 Å². The molecule has 9 heteroatoms. The summed E-state index contributed by atoms with van der Waals surface area (Å²) < 4.78 is 1.98. The first kappa shape index (κ1) is 20.6. The molecular formula is C19H34N8O. The smallest absolute Gasteiger partial charge is 0.243 e. The second-order valence-electron chi connectivity index (χ2n) is 7.90. The average Bonchev–Trinajstić information content (AvgIpc) is 3.27. The third kappa shape index (κ3) is 5.21. The number of fused-ring (bicyclic) bond motifs is 1. The molecular weight excluding hydrogens is 356 g/mol. The summed E-state index contributed by atoms with van der Waals surface area (Å²) in [5.41, 5.74) is 0. The van der Waals surface area contributed by atoms with Gasteiger partial charge in [0.25, 0.3) is 0 Å². The lowest BCUT2D eigenvalue weighted by atomic mass is 10.1. The van der Waals surface area contributed by atoms with Crippen LogP contribution in [0, 0.1) is 6.92 Å². The van der Waals surface area contributed by atoms with E-state index in [1.54, 1.807) is 19.0 Å². The van der Waals surface area contributed by atoms with Gasteiger partial charge in [-0.2, -0.15) is 5.10 Å². The number of aromatic nitrogens is 3. The number of aliphatic imine (C=N–C) groups is 1. The van der Waals surface area contributed by atoms with Crippen molar-refractivity contribution in [3.05, 3.63) is 11.6 Å². The summed E-state index contributed by atoms with van der Waals surface area (Å²) in [6, 6.07) is 0.748. The van der Waals surface area contributed by atoms with Gasteiger partial charge in [0, 0.05) is 39.1 Å². The molecule has 156 valence electrons. The molecule has 9 nitrogen and oxygen atoms in total. The number of amides is 1. The third-order valence-corrected chi connectivity index (χ3v) is 5.59. The van der Waals surface area contributed by atoms with Crippen LogP contribution < -0.4 is 10.6 Å². The van der Waals surface area contributed by atoms with Gasteiger partial charge in [-0.1, -0.05) is 6.92 Å². The topological polar surface area (TPSA) is 90.7 Å². The maximum absolute atomic E-state index is 12.0. The number of likely N-dealkylation sites (tertiary alicyclic amines) is 1. The van der Waals surface area contributed by atoms with Crippen LogP contribution in [0.3, 0.4) is 0 Å². The highest BCUT2D eigenvalue weighted by atomic mass is 16.2. The summed E-state index contributed by atoms with van der Waals surface area (Å²) in [6.07, 6.45) is 4.33. The lowest BCUT2D eigenvalue weighted by molar-refractivity contribution is -0.127. The minimum atomic E-state index is -0.00465. The monoisotopic (exact) mass is 390 g/mol. The first-order valence-corrected chi connectivity index (χ1v) is 10.4. The van der Waals surface area contributed by atoms with E-state index in [1.165, 1.54) is 19.4 Å². The van der Waals surface area contributed by atoms with Crippen LogP contribution in [0.5, 0.6) is 0 Å². The molecule has 2 unspecified atom stereocenters. The van der Waals surface area contributed by atoms with Gasteiger partial charge in [-0.25, -0.2) is 14.7 Å². The van der Waals surface area contributed by atoms with Crippen molar-refractivity contribution in [2.75, 3.05) is 40.3 Å². The molecule has 2 aliphatic heterocycles. The van der Waals surface area contributed by atoms with E-state index >= 15 is 0 Å². The maximum Gasteiger partial charge on any atom is 0.243 e. The van der Waals surface area contributed by atoms with Crippen molar-refractivity contribution in [2.24, 2.45) is 4.99 Å². The molecule has 2 N–H and O–H groups in total. The number of rotatable bonds is 6. The molecule has 0 bridgehead atoms. The Morgan fingerprint density at radius 3 is 2.93 bits per heavy atom. The Hall–Kier alpha value is -2.16. The van der Waals surface area contributed by atoms with Crippen molar-refractivity contribution >= 4 is 11.9 Å². The Bertz CT molecular complexity index is 698. The van der Waals surface area contributed by atoms with Crippen LogP contribution in [0.15, 0.2) is 4.99 Å². The number of likely N-dealkylation sites (N-methyl/N-ethyl adjacent to an activating group) is 2. The average molecular weight is 391 g/mol. The predicted molar refractivity (Wildman–Crippen MR) is 109 cm³/mol. The molecule has 0 radical (unpaired) electrons. The highest BCUT2D eigenvalue weighted by Crippen LogP contribution is 2.16. The molecule has 0 aromatic carbocycles. The number of hydrogen-bond acceptors (Lipinski definition) is 5. The largest absolute Gasteiger partial charge is 0.355 e. The fourth-order valence-corrected chi connectivity index (χ4v) is 3.94. The number of carbonyl (C=O) groups is 1. The molecule has 1 saturated heterocycles. The van der Waals surface area contributed by atoms with Crippen LogP contribution in [-0.4, -0.2) is 88.8 Å². The molecule has 1 fully saturated rings. The highest BCUT2D eigenvalue weighted by molar-refractivity contribution is 5.85. The summed E-state index contributed by atoms with van der Waals surface area (Å²) in [5.74, 6) is 2.58. The van der Waals surface area contributed by atoms with Crippen LogP contribution in [0.2, 0.25) is 0 Å². The number of hydrogen-bond donors (Lipinski definition) is 2. The molecule has 1 amide bonds. The fourth-order valence-electron chi connectivity index (χ4n) is 3.94. The Morgan fingerprint density at radius 1 is 1.36 bits per heavy atom. The van der Waals surface area contributed by atoms with Crippen LogP contribution >= 0.6 is 0 Å². The minimum Gasteiger partial charge on any atom is -0.355 e. The third-order valence-electron chi connectivity index (χ3n) is 5.59. The van der Waals surface area contributed by atoms with Crippen molar-refractivity contribution < 1.29 is 4.79 Å². The zero-order valence-corrected chi connectivity index (χ0v) is 17.6. The predicted octanol–water partition coefficient (Wildman–Crippen LogP) is 0.00902. The van der Waals surface area contributed by atoms with E-state index in [2.05, 4.69) is 37.5 Å². The Labute approximate surface area is 167 Å². The van der Waals surface area contributed by atoms with Crippen molar-refractivity contribution in [3.8, 4) is 0 Å². The molecule has 3 heterocycles. The molecule has 0 aliphatic carbocycles. The second-order valence-corrected chi connectivity index (χ2v) is 7.90. The number of carbonyl (C=O) groups excluding carboxylic acids is 1. The number of nitrogens with one attached hydrogen (secondary N) is 2. The van der Waals surface area contributed by atoms with Gasteiger partial charge < -0.3 is 15.5 Å². The molecule has 0 spiro atoms. The lowest BCUT2D eigenvalue weighted by Gasteiger charge is -2.28. The van der Waals surface area contributed by atoms with E-state index in [0.29, 0.717) is 12.0 Å². The summed E-state index contributed by atoms with van der Waals surface area (Å²) in [5, 5.41) is 11.5. The van der Waals surface area contributed by atoms with E-state index in [-0.39, 0.29) is 18.5 Å². The van der Waals surface area contributed by atoms with E-state index in [4.69, 9.17) is 0 Å². The summed E-state index contributed by atoms with van der Waals surface area (Å²) in [7, 11) is 3.51. The van der Waals surface area contributed by atoms with Crippen LogP contribution in [0.25, 0.3) is 0 Å². The van der Waals surface area contributed by atoms with E-state index in [0.717, 1.165) is 44.1 Å². The van der Waals surface area contributed by atoms with Gasteiger partial charge in [-0.3, -0.25) is 9.69 Å². The number of aryl methyl sites for hydroxylation is 2. The fraction of sp³-hybridized carbons (Fsp3) is 0.789. The first-order chi connectivity index (χ1) is 13.5. The van der Waals surface area contributed by atoms with Gasteiger partial charge >= 0.3 is 0 Å². The van der Waals surface area contributed by atoms with Gasteiger partial charge in [-0.15, -0.1) is 0 Å². The maximum atomic E-state index is 12.0. The lowest BCUT2D eigenvalue weighted by Crippen LogP contribution is -2.50. The molecule has 2 atom stereocenters. The Kier molecular flexibility index (Phi) is 6.88. The zero-order chi connectivity index (χ0) is 20.1. The van der Waals surface area contributed by atoms with Crippen LogP contribution in [0.4, 0.5) is 0 Å². The first-order valence-electron chi connectivity index (χ1n) is 10.4. The SMILES string of the molecule is CCN1CCCC1CNC(=NCC(=O)N(C)C)NC1CCc2nc(C)nn2C1. The van der Waals surface area contributed by atoms with Crippen molar-refractivity contribution in [1.29, 1.82) is 0 Å². The molecule has 0 saturated carbocycles. The van der Waals surface area contributed by atoms with Gasteiger partial charge in [0.15, 0.2) is 5.96 Å². The normalized spacial score (nSPS) is 22.8. The van der Waals surface area contributed by atoms with Crippen LogP contribution in [-0.2, 0) is 17.8 Å². The highest BCUT2D eigenvalue weighted by Gasteiger charge is 2.25. The number of guanidine groups is 1. The molecule has 1 aromatic rings. The Balaban J connectivity index is 1.62. The van der Waals surface area contributed by atoms with Gasteiger partial charge in [0.1, 0.15) is 18.2 Å². The summed E-state index contributed by atoms with van der Waals surface area (Å²) in [4.78, 5) is 25.1. The minimum absolute atomic E-state index is 0.00465. The summed E-state index contributed by atoms with van der Waals surface area (Å²) in [6.45, 7) is 8.13. The zero-order valence-electron chi connectivity index (χ0n) is 17.6. The van der Waals surface area contributed by atoms with E-state index < -0.39 is 0 Å². The standard InChI is InChI=1S/C19H34N8O/c1-5-26-10-6-7-16(26)11-20-19(21-12-18(28)25(3)4)23-15-8-9-17-22-14(2)24-27(17)13-15/h15-16H,5-13H2,1-4H3,(H2,20,21,23). The Morgan fingerprint density at radius 2 is 2.18 bits per heavy atom. The summed E-state index contributed by atoms with van der Waals surface area (Å²) >= 11 is 0. The van der Waals surface area contributed by atoms with Gasteiger partial charge in [-0.05, 0) is 39.3 Å². The van der Waals surface area contributed by atoms with Crippen molar-refractivity contribution in [1.82, 2.24) is 35.2 Å². The number of nitrogens with zero attached hydrogens (tertiary/aromatic N) is 6. The van der Waals surface area contributed by atoms with Gasteiger partial charge in [0.05, 0.1) is 6.54 Å². The molecule has 1 aromatic heterocycles. The second kappa shape index (κ2) is 9.36. The van der Waals surface area contributed by atoms with Crippen molar-refractivity contribution in [2.45, 2.75) is 58.2 Å². The van der Waals surface area contributed by atoms with Crippen LogP contribution in [0.1, 0.15) is 37.8 Å². The molecule has 2 aliphatic rings. The van der Waals surface area contributed by atoms with Gasteiger partial charge in [0.2, 0.25) is 5.91 Å². The van der Waals surface area contributed by atoms with E-state index in [9.17, 15) is 4.79 Å². The van der Waals surface area contributed by atoms with E-state index in [1.807, 2.05) is 11.6 Å². The molecule has 3 rings (SSSR count). The molecule has 28 heavy (non-hydrogen) atoms.